The van der Waals surface area contributed by atoms with Gasteiger partial charge in [-0.1, -0.05) is 11.6 Å². The third kappa shape index (κ3) is 1.72. The molecule has 5 heteroatoms. The van der Waals surface area contributed by atoms with E-state index in [4.69, 9.17) is 16.0 Å². The van der Waals surface area contributed by atoms with E-state index in [1.165, 1.54) is 0 Å². The number of hydrogen-bond donors (Lipinski definition) is 1. The number of imidazole rings is 1. The second-order valence-corrected chi connectivity index (χ2v) is 4.00. The predicted octanol–water partition coefficient (Wildman–Crippen LogP) is 3.29. The van der Waals surface area contributed by atoms with Gasteiger partial charge in [-0.3, -0.25) is 4.79 Å². The monoisotopic (exact) mass is 246 g/mol. The minimum absolute atomic E-state index is 0.276. The van der Waals surface area contributed by atoms with E-state index in [0.717, 1.165) is 11.0 Å². The number of fused-ring (bicyclic) bond motifs is 1. The molecule has 2 heterocycles. The van der Waals surface area contributed by atoms with Crippen LogP contribution in [0.25, 0.3) is 22.6 Å². The zero-order valence-electron chi connectivity index (χ0n) is 8.61. The highest BCUT2D eigenvalue weighted by Gasteiger charge is 2.09. The minimum Gasteiger partial charge on any atom is -0.450 e. The number of carbonyl (C=O) groups is 1. The summed E-state index contributed by atoms with van der Waals surface area (Å²) in [5.74, 6) is 1.38. The second kappa shape index (κ2) is 3.75. The van der Waals surface area contributed by atoms with Gasteiger partial charge in [0.2, 0.25) is 0 Å². The number of furan rings is 1. The molecule has 0 bridgehead atoms. The van der Waals surface area contributed by atoms with Crippen molar-refractivity contribution in [2.75, 3.05) is 0 Å². The molecule has 0 radical (unpaired) electrons. The van der Waals surface area contributed by atoms with Crippen LogP contribution in [-0.4, -0.2) is 16.3 Å². The summed E-state index contributed by atoms with van der Waals surface area (Å²) in [6.07, 6.45) is 0.656. The van der Waals surface area contributed by atoms with Crippen LogP contribution >= 0.6 is 11.6 Å². The van der Waals surface area contributed by atoms with Crippen LogP contribution in [0.3, 0.4) is 0 Å². The molecule has 84 valence electrons. The summed E-state index contributed by atoms with van der Waals surface area (Å²) in [7, 11) is 0. The van der Waals surface area contributed by atoms with E-state index in [1.807, 2.05) is 6.07 Å². The average molecular weight is 247 g/mol. The summed E-state index contributed by atoms with van der Waals surface area (Å²) in [6.45, 7) is 0. The van der Waals surface area contributed by atoms with Gasteiger partial charge in [-0.2, -0.15) is 0 Å². The van der Waals surface area contributed by atoms with E-state index >= 15 is 0 Å². The minimum atomic E-state index is 0.276. The van der Waals surface area contributed by atoms with Gasteiger partial charge in [0, 0.05) is 5.02 Å². The molecule has 0 fully saturated rings. The Morgan fingerprint density at radius 2 is 2.18 bits per heavy atom. The number of carbonyl (C=O) groups excluding carboxylic acids is 1. The summed E-state index contributed by atoms with van der Waals surface area (Å²) < 4.78 is 5.28. The highest BCUT2D eigenvalue weighted by atomic mass is 35.5. The molecule has 0 amide bonds. The normalized spacial score (nSPS) is 10.9. The van der Waals surface area contributed by atoms with Crippen LogP contribution < -0.4 is 0 Å². The zero-order valence-corrected chi connectivity index (χ0v) is 9.36. The van der Waals surface area contributed by atoms with Gasteiger partial charge in [0.25, 0.3) is 0 Å². The standard InChI is InChI=1S/C12H7ClN2O2/c13-7-1-3-9-10(5-7)15-12(14-9)11-4-2-8(6-16)17-11/h1-6H,(H,14,15). The van der Waals surface area contributed by atoms with E-state index in [1.54, 1.807) is 24.3 Å². The van der Waals surface area contributed by atoms with E-state index in [2.05, 4.69) is 9.97 Å². The van der Waals surface area contributed by atoms with E-state index in [-0.39, 0.29) is 5.76 Å². The van der Waals surface area contributed by atoms with Crippen molar-refractivity contribution in [2.45, 2.75) is 0 Å². The Balaban J connectivity index is 2.14. The molecule has 2 aromatic heterocycles. The first kappa shape index (κ1) is 10.1. The van der Waals surface area contributed by atoms with Crippen molar-refractivity contribution < 1.29 is 9.21 Å². The predicted molar refractivity (Wildman–Crippen MR) is 64.2 cm³/mol. The lowest BCUT2D eigenvalue weighted by Crippen LogP contribution is -1.75. The van der Waals surface area contributed by atoms with Gasteiger partial charge in [-0.15, -0.1) is 0 Å². The molecule has 0 aliphatic heterocycles. The molecule has 0 unspecified atom stereocenters. The Morgan fingerprint density at radius 3 is 2.94 bits per heavy atom. The van der Waals surface area contributed by atoms with Gasteiger partial charge in [-0.25, -0.2) is 4.98 Å². The Labute approximate surface area is 101 Å². The molecule has 4 nitrogen and oxygen atoms in total. The van der Waals surface area contributed by atoms with E-state index < -0.39 is 0 Å². The summed E-state index contributed by atoms with van der Waals surface area (Å²) in [5.41, 5.74) is 1.63. The first-order chi connectivity index (χ1) is 8.26. The van der Waals surface area contributed by atoms with E-state index in [0.29, 0.717) is 22.9 Å². The van der Waals surface area contributed by atoms with Crippen LogP contribution in [0, 0.1) is 0 Å². The van der Waals surface area contributed by atoms with Gasteiger partial charge >= 0.3 is 0 Å². The fourth-order valence-corrected chi connectivity index (χ4v) is 1.81. The molecule has 0 aliphatic carbocycles. The summed E-state index contributed by atoms with van der Waals surface area (Å²) in [5, 5.41) is 0.640. The molecular formula is C12H7ClN2O2. The maximum absolute atomic E-state index is 10.5. The maximum Gasteiger partial charge on any atom is 0.185 e. The number of H-pyrrole nitrogens is 1. The van der Waals surface area contributed by atoms with Crippen LogP contribution in [0.5, 0.6) is 0 Å². The highest BCUT2D eigenvalue weighted by Crippen LogP contribution is 2.23. The van der Waals surface area contributed by atoms with Crippen LogP contribution in [0.15, 0.2) is 34.7 Å². The highest BCUT2D eigenvalue weighted by molar-refractivity contribution is 6.31. The number of nitrogens with one attached hydrogen (secondary N) is 1. The molecule has 3 aromatic rings. The zero-order chi connectivity index (χ0) is 11.8. The van der Waals surface area contributed by atoms with Crippen LogP contribution in [0.4, 0.5) is 0 Å². The van der Waals surface area contributed by atoms with Gasteiger partial charge in [0.05, 0.1) is 11.0 Å². The number of aldehydes is 1. The average Bonchev–Trinajstić information content (AvgIpc) is 2.93. The Bertz CT molecular complexity index is 699. The Morgan fingerprint density at radius 1 is 1.29 bits per heavy atom. The number of aromatic nitrogens is 2. The van der Waals surface area contributed by atoms with Crippen molar-refractivity contribution in [3.05, 3.63) is 41.1 Å². The maximum atomic E-state index is 10.5. The second-order valence-electron chi connectivity index (χ2n) is 3.57. The van der Waals surface area contributed by atoms with Gasteiger partial charge < -0.3 is 9.40 Å². The molecule has 17 heavy (non-hydrogen) atoms. The largest absolute Gasteiger partial charge is 0.450 e. The summed E-state index contributed by atoms with van der Waals surface area (Å²) >= 11 is 5.88. The van der Waals surface area contributed by atoms with Crippen LogP contribution in [0.2, 0.25) is 5.02 Å². The SMILES string of the molecule is O=Cc1ccc(-c2nc3ccc(Cl)cc3[nH]2)o1. The van der Waals surface area contributed by atoms with Crippen molar-refractivity contribution in [1.29, 1.82) is 0 Å². The number of aromatic amines is 1. The fourth-order valence-electron chi connectivity index (χ4n) is 1.64. The van der Waals surface area contributed by atoms with Crippen molar-refractivity contribution >= 4 is 28.9 Å². The topological polar surface area (TPSA) is 58.9 Å². The smallest absolute Gasteiger partial charge is 0.185 e. The van der Waals surface area contributed by atoms with Crippen molar-refractivity contribution in [3.8, 4) is 11.6 Å². The summed E-state index contributed by atoms with van der Waals surface area (Å²) in [4.78, 5) is 18.0. The Kier molecular flexibility index (Phi) is 2.23. The lowest BCUT2D eigenvalue weighted by atomic mass is 10.3. The number of rotatable bonds is 2. The Hall–Kier alpha value is -2.07. The van der Waals surface area contributed by atoms with Crippen molar-refractivity contribution in [2.24, 2.45) is 0 Å². The third-order valence-corrected chi connectivity index (χ3v) is 2.66. The van der Waals surface area contributed by atoms with Crippen molar-refractivity contribution in [3.63, 3.8) is 0 Å². The van der Waals surface area contributed by atoms with Gasteiger partial charge in [0.1, 0.15) is 0 Å². The van der Waals surface area contributed by atoms with Gasteiger partial charge in [-0.05, 0) is 30.3 Å². The molecule has 3 rings (SSSR count). The fraction of sp³-hybridized carbons (Fsp3) is 0. The van der Waals surface area contributed by atoms with Crippen molar-refractivity contribution in [1.82, 2.24) is 9.97 Å². The van der Waals surface area contributed by atoms with Crippen LogP contribution in [0.1, 0.15) is 10.6 Å². The van der Waals surface area contributed by atoms with E-state index in [9.17, 15) is 4.79 Å². The third-order valence-electron chi connectivity index (χ3n) is 2.42. The number of benzene rings is 1. The molecular weight excluding hydrogens is 240 g/mol. The quantitative estimate of drug-likeness (QED) is 0.706. The number of halogens is 1. The first-order valence-electron chi connectivity index (χ1n) is 4.97. The lowest BCUT2D eigenvalue weighted by Gasteiger charge is -1.88. The lowest BCUT2D eigenvalue weighted by molar-refractivity contribution is 0.110. The molecule has 0 aliphatic rings. The number of nitrogens with zero attached hydrogens (tertiary/aromatic N) is 1. The molecule has 0 saturated carbocycles. The first-order valence-corrected chi connectivity index (χ1v) is 5.35. The molecule has 1 aromatic carbocycles. The molecule has 0 spiro atoms. The molecule has 1 N–H and O–H groups in total. The van der Waals surface area contributed by atoms with Gasteiger partial charge in [0.15, 0.2) is 23.6 Å². The molecule has 0 atom stereocenters. The summed E-state index contributed by atoms with van der Waals surface area (Å²) in [6, 6.07) is 8.68. The molecule has 0 saturated heterocycles. The van der Waals surface area contributed by atoms with Crippen LogP contribution in [-0.2, 0) is 0 Å². The number of hydrogen-bond acceptors (Lipinski definition) is 3.